The molecule has 0 unspecified atom stereocenters. The van der Waals surface area contributed by atoms with Gasteiger partial charge in [0.1, 0.15) is 12.4 Å². The molecule has 4 nitrogen and oxygen atoms in total. The zero-order valence-corrected chi connectivity index (χ0v) is 16.4. The molecule has 0 aliphatic carbocycles. The van der Waals surface area contributed by atoms with Crippen LogP contribution in [0.2, 0.25) is 0 Å². The Kier molecular flexibility index (Phi) is 7.04. The second-order valence-corrected chi connectivity index (χ2v) is 6.05. The van der Waals surface area contributed by atoms with Crippen LogP contribution in [-0.4, -0.2) is 10.8 Å². The lowest BCUT2D eigenvalue weighted by atomic mass is 10.1. The second-order valence-electron chi connectivity index (χ2n) is 6.05. The number of carbonyl (C=O) groups is 1. The molecular formula is C21H21BrN2O2. The van der Waals surface area contributed by atoms with Gasteiger partial charge < -0.3 is 21.7 Å². The van der Waals surface area contributed by atoms with Gasteiger partial charge in [0.05, 0.1) is 5.69 Å². The zero-order valence-electron chi connectivity index (χ0n) is 14.9. The standard InChI is InChI=1S/C21H21N2O2.BrH/c1-16-6-8-18(9-7-16)21(24)14-23-12-10-20(11-13-23)25-15-19-5-3-4-17(2)22-19;/h3-13H,14-15H2,1-2H3;1H/q+1;/p-1. The Hall–Kier alpha value is -2.53. The minimum absolute atomic E-state index is 0. The first kappa shape index (κ1) is 19.8. The first-order valence-corrected chi connectivity index (χ1v) is 8.24. The van der Waals surface area contributed by atoms with Crippen molar-refractivity contribution in [3.8, 4) is 5.75 Å². The van der Waals surface area contributed by atoms with Crippen molar-refractivity contribution in [2.24, 2.45) is 0 Å². The fourth-order valence-electron chi connectivity index (χ4n) is 2.48. The third-order valence-corrected chi connectivity index (χ3v) is 3.89. The molecular weight excluding hydrogens is 392 g/mol. The number of ketones is 1. The van der Waals surface area contributed by atoms with Crippen molar-refractivity contribution in [3.05, 3.63) is 89.5 Å². The van der Waals surface area contributed by atoms with Gasteiger partial charge in [-0.3, -0.25) is 9.78 Å². The molecule has 0 saturated carbocycles. The summed E-state index contributed by atoms with van der Waals surface area (Å²) in [6.45, 7) is 4.70. The van der Waals surface area contributed by atoms with Gasteiger partial charge in [-0.1, -0.05) is 35.9 Å². The summed E-state index contributed by atoms with van der Waals surface area (Å²) in [5.41, 5.74) is 3.74. The molecule has 3 rings (SSSR count). The maximum atomic E-state index is 12.3. The van der Waals surface area contributed by atoms with E-state index in [2.05, 4.69) is 4.98 Å². The quantitative estimate of drug-likeness (QED) is 0.436. The van der Waals surface area contributed by atoms with Gasteiger partial charge in [-0.2, -0.15) is 4.57 Å². The number of pyridine rings is 2. The Bertz CT molecular complexity index is 862. The molecule has 2 aromatic heterocycles. The first-order chi connectivity index (χ1) is 12.1. The number of nitrogens with zero attached hydrogens (tertiary/aromatic N) is 2. The number of aryl methyl sites for hydroxylation is 2. The van der Waals surface area contributed by atoms with Crippen molar-refractivity contribution in [1.29, 1.82) is 0 Å². The van der Waals surface area contributed by atoms with Gasteiger partial charge in [0.15, 0.2) is 12.4 Å². The molecule has 0 aliphatic heterocycles. The maximum Gasteiger partial charge on any atom is 0.227 e. The van der Waals surface area contributed by atoms with Crippen LogP contribution >= 0.6 is 0 Å². The number of Topliss-reactive ketones (excluding diaryl/α,β-unsaturated/α-hetero) is 1. The van der Waals surface area contributed by atoms with Gasteiger partial charge in [0.2, 0.25) is 12.3 Å². The maximum absolute atomic E-state index is 12.3. The topological polar surface area (TPSA) is 43.1 Å². The summed E-state index contributed by atoms with van der Waals surface area (Å²) >= 11 is 0. The summed E-state index contributed by atoms with van der Waals surface area (Å²) in [5, 5.41) is 0. The monoisotopic (exact) mass is 412 g/mol. The van der Waals surface area contributed by atoms with Crippen molar-refractivity contribution >= 4 is 5.78 Å². The van der Waals surface area contributed by atoms with E-state index in [9.17, 15) is 4.79 Å². The summed E-state index contributed by atoms with van der Waals surface area (Å²) in [6, 6.07) is 17.2. The number of rotatable bonds is 6. The highest BCUT2D eigenvalue weighted by atomic mass is 79.9. The predicted octanol–water partition coefficient (Wildman–Crippen LogP) is 0.452. The lowest BCUT2D eigenvalue weighted by molar-refractivity contribution is -0.683. The van der Waals surface area contributed by atoms with Crippen molar-refractivity contribution in [2.75, 3.05) is 0 Å². The van der Waals surface area contributed by atoms with Crippen LogP contribution in [0, 0.1) is 13.8 Å². The number of halogens is 1. The fourth-order valence-corrected chi connectivity index (χ4v) is 2.48. The van der Waals surface area contributed by atoms with Crippen LogP contribution in [0.4, 0.5) is 0 Å². The minimum Gasteiger partial charge on any atom is -1.00 e. The molecule has 0 aliphatic rings. The lowest BCUT2D eigenvalue weighted by Crippen LogP contribution is -3.00. The Morgan fingerprint density at radius 1 is 1.00 bits per heavy atom. The molecule has 0 N–H and O–H groups in total. The molecule has 26 heavy (non-hydrogen) atoms. The second kappa shape index (κ2) is 9.25. The fraction of sp³-hybridized carbons (Fsp3) is 0.190. The van der Waals surface area contributed by atoms with E-state index in [1.54, 1.807) is 0 Å². The Morgan fingerprint density at radius 3 is 2.35 bits per heavy atom. The van der Waals surface area contributed by atoms with Crippen molar-refractivity contribution < 1.29 is 31.1 Å². The van der Waals surface area contributed by atoms with Gasteiger partial charge in [0.25, 0.3) is 0 Å². The highest BCUT2D eigenvalue weighted by Crippen LogP contribution is 2.10. The normalized spacial score (nSPS) is 10.1. The molecule has 0 bridgehead atoms. The number of benzene rings is 1. The molecule has 1 aromatic carbocycles. The molecule has 2 heterocycles. The molecule has 0 saturated heterocycles. The largest absolute Gasteiger partial charge is 1.00 e. The Balaban J connectivity index is 0.00000243. The third-order valence-electron chi connectivity index (χ3n) is 3.89. The van der Waals surface area contributed by atoms with E-state index in [1.807, 2.05) is 85.4 Å². The van der Waals surface area contributed by atoms with Crippen molar-refractivity contribution in [1.82, 2.24) is 4.98 Å². The Morgan fingerprint density at radius 2 is 1.69 bits per heavy atom. The number of carbonyl (C=O) groups excluding carboxylic acids is 1. The van der Waals surface area contributed by atoms with Crippen molar-refractivity contribution in [2.45, 2.75) is 27.0 Å². The van der Waals surface area contributed by atoms with Gasteiger partial charge >= 0.3 is 0 Å². The van der Waals surface area contributed by atoms with Crippen LogP contribution in [0.3, 0.4) is 0 Å². The molecule has 0 radical (unpaired) electrons. The number of hydrogen-bond acceptors (Lipinski definition) is 3. The van der Waals surface area contributed by atoms with Crippen LogP contribution in [0.25, 0.3) is 0 Å². The first-order valence-electron chi connectivity index (χ1n) is 8.24. The number of aromatic nitrogens is 2. The van der Waals surface area contributed by atoms with E-state index in [-0.39, 0.29) is 22.8 Å². The van der Waals surface area contributed by atoms with E-state index in [4.69, 9.17) is 4.74 Å². The van der Waals surface area contributed by atoms with Gasteiger partial charge in [-0.05, 0) is 26.0 Å². The summed E-state index contributed by atoms with van der Waals surface area (Å²) < 4.78 is 7.59. The lowest BCUT2D eigenvalue weighted by Gasteiger charge is -2.05. The summed E-state index contributed by atoms with van der Waals surface area (Å²) in [5.74, 6) is 0.838. The highest BCUT2D eigenvalue weighted by Gasteiger charge is 2.12. The summed E-state index contributed by atoms with van der Waals surface area (Å²) in [6.07, 6.45) is 3.70. The molecule has 5 heteroatoms. The molecule has 0 spiro atoms. The molecule has 0 amide bonds. The summed E-state index contributed by atoms with van der Waals surface area (Å²) in [4.78, 5) is 16.7. The molecule has 0 atom stereocenters. The molecule has 0 fully saturated rings. The molecule has 3 aromatic rings. The van der Waals surface area contributed by atoms with Crippen LogP contribution in [0.1, 0.15) is 27.3 Å². The zero-order chi connectivity index (χ0) is 17.6. The minimum atomic E-state index is 0. The van der Waals surface area contributed by atoms with Crippen molar-refractivity contribution in [3.63, 3.8) is 0 Å². The van der Waals surface area contributed by atoms with E-state index in [1.165, 1.54) is 0 Å². The van der Waals surface area contributed by atoms with E-state index >= 15 is 0 Å². The van der Waals surface area contributed by atoms with Gasteiger partial charge in [-0.25, -0.2) is 0 Å². The van der Waals surface area contributed by atoms with E-state index in [0.29, 0.717) is 13.2 Å². The number of ether oxygens (including phenoxy) is 1. The predicted molar refractivity (Wildman–Crippen MR) is 95.5 cm³/mol. The van der Waals surface area contributed by atoms with Crippen LogP contribution in [-0.2, 0) is 13.2 Å². The summed E-state index contributed by atoms with van der Waals surface area (Å²) in [7, 11) is 0. The average molecular weight is 413 g/mol. The third kappa shape index (κ3) is 5.49. The van der Waals surface area contributed by atoms with E-state index < -0.39 is 0 Å². The van der Waals surface area contributed by atoms with Gasteiger partial charge in [0, 0.05) is 23.4 Å². The van der Waals surface area contributed by atoms with Crippen LogP contribution in [0.5, 0.6) is 5.75 Å². The van der Waals surface area contributed by atoms with Crippen LogP contribution in [0.15, 0.2) is 67.0 Å². The Labute approximate surface area is 164 Å². The van der Waals surface area contributed by atoms with Gasteiger partial charge in [-0.15, -0.1) is 0 Å². The van der Waals surface area contributed by atoms with Crippen LogP contribution < -0.4 is 26.3 Å². The average Bonchev–Trinajstić information content (AvgIpc) is 2.62. The SMILES string of the molecule is Cc1ccc(C(=O)C[n+]2ccc(OCc3cccc(C)n3)cc2)cc1.[Br-]. The molecule has 134 valence electrons. The van der Waals surface area contributed by atoms with E-state index in [0.717, 1.165) is 28.3 Å². The smallest absolute Gasteiger partial charge is 0.227 e. The highest BCUT2D eigenvalue weighted by molar-refractivity contribution is 5.95. The number of hydrogen-bond donors (Lipinski definition) is 0.